The molecule has 2 heterocycles. The summed E-state index contributed by atoms with van der Waals surface area (Å²) in [6.45, 7) is 7.23. The summed E-state index contributed by atoms with van der Waals surface area (Å²) in [7, 11) is 1.56. The van der Waals surface area contributed by atoms with Gasteiger partial charge >= 0.3 is 0 Å². The number of aliphatic imine (C=N–C) groups is 1. The van der Waals surface area contributed by atoms with E-state index in [-0.39, 0.29) is 24.0 Å². The van der Waals surface area contributed by atoms with Crippen molar-refractivity contribution in [2.75, 3.05) is 34.2 Å². The Kier molecular flexibility index (Phi) is 10.0. The molecule has 0 amide bonds. The zero-order chi connectivity index (χ0) is 19.3. The number of nitrogens with zero attached hydrogens (tertiary/aromatic N) is 3. The number of sulfonamides is 1. The maximum atomic E-state index is 12.2. The Balaban J connectivity index is 0.00000364. The molecule has 0 aliphatic carbocycles. The molecule has 0 saturated carbocycles. The Morgan fingerprint density at radius 3 is 2.59 bits per heavy atom. The van der Waals surface area contributed by atoms with Crippen LogP contribution in [0.4, 0.5) is 0 Å². The average molecular weight is 529 g/mol. The van der Waals surface area contributed by atoms with Crippen LogP contribution in [0.2, 0.25) is 0 Å². The monoisotopic (exact) mass is 528 g/mol. The molecule has 1 atom stereocenters. The molecule has 1 aliphatic rings. The molecule has 9 heteroatoms. The molecule has 6 nitrogen and oxygen atoms in total. The highest BCUT2D eigenvalue weighted by atomic mass is 127. The first-order valence-corrected chi connectivity index (χ1v) is 11.6. The van der Waals surface area contributed by atoms with E-state index in [1.54, 1.807) is 20.2 Å². The standard InChI is InChI=1S/C18H32N4O2S2.HI/c1-6-14(7-2)15-10-11-22(13-15)18(19-3)20-12-16-8-9-17(25-16)26(23,24)21(4)5;/h8-9,14-15H,6-7,10-13H2,1-5H3,(H,19,20);1H. The third kappa shape index (κ3) is 6.04. The number of rotatable bonds is 7. The van der Waals surface area contributed by atoms with E-state index in [0.29, 0.717) is 10.8 Å². The lowest BCUT2D eigenvalue weighted by Gasteiger charge is -2.24. The van der Waals surface area contributed by atoms with Crippen LogP contribution in [-0.2, 0) is 16.6 Å². The van der Waals surface area contributed by atoms with Crippen LogP contribution < -0.4 is 5.32 Å². The Hall–Kier alpha value is -0.390. The molecule has 1 fully saturated rings. The first-order valence-electron chi connectivity index (χ1n) is 9.30. The Morgan fingerprint density at radius 2 is 2.04 bits per heavy atom. The molecule has 2 rings (SSSR count). The van der Waals surface area contributed by atoms with E-state index in [2.05, 4.69) is 29.1 Å². The summed E-state index contributed by atoms with van der Waals surface area (Å²) in [5.74, 6) is 2.43. The lowest BCUT2D eigenvalue weighted by molar-refractivity contribution is 0.319. The molecule has 1 aromatic heterocycles. The quantitative estimate of drug-likeness (QED) is 0.335. The molecular formula is C18H33IN4O2S2. The van der Waals surface area contributed by atoms with Crippen molar-refractivity contribution in [2.45, 2.75) is 43.9 Å². The maximum absolute atomic E-state index is 12.2. The Bertz CT molecular complexity index is 715. The molecule has 156 valence electrons. The third-order valence-corrected chi connectivity index (χ3v) is 8.61. The highest BCUT2D eigenvalue weighted by Gasteiger charge is 2.29. The molecule has 1 aromatic rings. The van der Waals surface area contributed by atoms with Crippen LogP contribution in [0.15, 0.2) is 21.3 Å². The van der Waals surface area contributed by atoms with Crippen LogP contribution in [0.5, 0.6) is 0 Å². The predicted molar refractivity (Wildman–Crippen MR) is 125 cm³/mol. The summed E-state index contributed by atoms with van der Waals surface area (Å²) in [6.07, 6.45) is 3.69. The molecule has 1 saturated heterocycles. The summed E-state index contributed by atoms with van der Waals surface area (Å²) in [6, 6.07) is 3.55. The fourth-order valence-electron chi connectivity index (χ4n) is 3.59. The van der Waals surface area contributed by atoms with Gasteiger partial charge in [-0.3, -0.25) is 4.99 Å². The van der Waals surface area contributed by atoms with Crippen LogP contribution in [0.25, 0.3) is 0 Å². The molecule has 1 unspecified atom stereocenters. The third-order valence-electron chi connectivity index (χ3n) is 5.24. The van der Waals surface area contributed by atoms with Crippen molar-refractivity contribution < 1.29 is 8.42 Å². The fraction of sp³-hybridized carbons (Fsp3) is 0.722. The zero-order valence-electron chi connectivity index (χ0n) is 16.9. The number of halogens is 1. The van der Waals surface area contributed by atoms with Gasteiger partial charge in [0.25, 0.3) is 10.0 Å². The van der Waals surface area contributed by atoms with Crippen molar-refractivity contribution in [3.05, 3.63) is 17.0 Å². The first-order chi connectivity index (χ1) is 12.3. The van der Waals surface area contributed by atoms with Crippen molar-refractivity contribution in [3.63, 3.8) is 0 Å². The van der Waals surface area contributed by atoms with Crippen molar-refractivity contribution in [1.29, 1.82) is 0 Å². The smallest absolute Gasteiger partial charge is 0.252 e. The molecule has 1 aliphatic heterocycles. The number of hydrogen-bond acceptors (Lipinski definition) is 4. The minimum absolute atomic E-state index is 0. The Labute approximate surface area is 185 Å². The molecule has 0 radical (unpaired) electrons. The number of likely N-dealkylation sites (tertiary alicyclic amines) is 1. The second-order valence-electron chi connectivity index (χ2n) is 6.98. The minimum Gasteiger partial charge on any atom is -0.351 e. The van der Waals surface area contributed by atoms with Crippen LogP contribution >= 0.6 is 35.3 Å². The lowest BCUT2D eigenvalue weighted by atomic mass is 9.87. The van der Waals surface area contributed by atoms with Gasteiger partial charge in [0.05, 0.1) is 6.54 Å². The summed E-state index contributed by atoms with van der Waals surface area (Å²) >= 11 is 1.31. The van der Waals surface area contributed by atoms with Gasteiger partial charge in [0.15, 0.2) is 5.96 Å². The van der Waals surface area contributed by atoms with E-state index in [9.17, 15) is 8.42 Å². The number of hydrogen-bond donors (Lipinski definition) is 1. The van der Waals surface area contributed by atoms with Gasteiger partial charge < -0.3 is 10.2 Å². The highest BCUT2D eigenvalue weighted by Crippen LogP contribution is 2.29. The molecule has 27 heavy (non-hydrogen) atoms. The molecule has 0 aromatic carbocycles. The van der Waals surface area contributed by atoms with Crippen LogP contribution in [0.3, 0.4) is 0 Å². The van der Waals surface area contributed by atoms with Crippen LogP contribution in [0, 0.1) is 11.8 Å². The van der Waals surface area contributed by atoms with Gasteiger partial charge in [0.2, 0.25) is 0 Å². The second kappa shape index (κ2) is 11.0. The van der Waals surface area contributed by atoms with Crippen molar-refractivity contribution in [2.24, 2.45) is 16.8 Å². The van der Waals surface area contributed by atoms with Gasteiger partial charge in [0, 0.05) is 39.1 Å². The maximum Gasteiger partial charge on any atom is 0.252 e. The van der Waals surface area contributed by atoms with Crippen molar-refractivity contribution in [3.8, 4) is 0 Å². The largest absolute Gasteiger partial charge is 0.351 e. The van der Waals surface area contributed by atoms with Gasteiger partial charge in [-0.15, -0.1) is 35.3 Å². The predicted octanol–water partition coefficient (Wildman–Crippen LogP) is 3.45. The molecule has 0 spiro atoms. The zero-order valence-corrected chi connectivity index (χ0v) is 20.9. The van der Waals surface area contributed by atoms with Crippen LogP contribution in [-0.4, -0.2) is 57.8 Å². The SMILES string of the molecule is CCC(CC)C1CCN(C(=NC)NCc2ccc(S(=O)(=O)N(C)C)s2)C1.I. The van der Waals surface area contributed by atoms with E-state index in [1.807, 2.05) is 13.1 Å². The van der Waals surface area contributed by atoms with Crippen LogP contribution in [0.1, 0.15) is 38.0 Å². The Morgan fingerprint density at radius 1 is 1.37 bits per heavy atom. The summed E-state index contributed by atoms with van der Waals surface area (Å²) in [5.41, 5.74) is 0. The van der Waals surface area contributed by atoms with Gasteiger partial charge in [0.1, 0.15) is 4.21 Å². The van der Waals surface area contributed by atoms with Gasteiger partial charge in [-0.25, -0.2) is 12.7 Å². The topological polar surface area (TPSA) is 65.0 Å². The van der Waals surface area contributed by atoms with E-state index >= 15 is 0 Å². The fourth-order valence-corrected chi connectivity index (χ4v) is 6.05. The van der Waals surface area contributed by atoms with Crippen molar-refractivity contribution >= 4 is 51.3 Å². The van der Waals surface area contributed by atoms with E-state index < -0.39 is 10.0 Å². The van der Waals surface area contributed by atoms with Gasteiger partial charge in [-0.1, -0.05) is 26.7 Å². The van der Waals surface area contributed by atoms with E-state index in [4.69, 9.17) is 0 Å². The first kappa shape index (κ1) is 24.6. The van der Waals surface area contributed by atoms with Crippen molar-refractivity contribution in [1.82, 2.24) is 14.5 Å². The lowest BCUT2D eigenvalue weighted by Crippen LogP contribution is -2.39. The van der Waals surface area contributed by atoms with E-state index in [0.717, 1.165) is 35.8 Å². The number of nitrogens with one attached hydrogen (secondary N) is 1. The normalized spacial score (nSPS) is 18.3. The minimum atomic E-state index is -3.36. The van der Waals surface area contributed by atoms with Gasteiger partial charge in [-0.2, -0.15) is 0 Å². The molecule has 1 N–H and O–H groups in total. The highest BCUT2D eigenvalue weighted by molar-refractivity contribution is 14.0. The second-order valence-corrected chi connectivity index (χ2v) is 10.5. The number of thiophene rings is 1. The van der Waals surface area contributed by atoms with Gasteiger partial charge in [-0.05, 0) is 30.4 Å². The summed E-state index contributed by atoms with van der Waals surface area (Å²) in [5, 5.41) is 3.40. The molecular weight excluding hydrogens is 495 g/mol. The summed E-state index contributed by atoms with van der Waals surface area (Å²) in [4.78, 5) is 7.74. The van der Waals surface area contributed by atoms with E-state index in [1.165, 1.54) is 34.9 Å². The molecule has 0 bridgehead atoms. The average Bonchev–Trinajstić information content (AvgIpc) is 3.27. The summed E-state index contributed by atoms with van der Waals surface area (Å²) < 4.78 is 26.0. The number of guanidine groups is 1.